The normalized spacial score (nSPS) is 26.9. The van der Waals surface area contributed by atoms with Gasteiger partial charge in [-0.15, -0.1) is 0 Å². The lowest BCUT2D eigenvalue weighted by Crippen LogP contribution is -2.23. The third-order valence-corrected chi connectivity index (χ3v) is 4.34. The Bertz CT molecular complexity index is 573. The minimum absolute atomic E-state index is 0.0228. The predicted molar refractivity (Wildman–Crippen MR) is 71.5 cm³/mol. The van der Waals surface area contributed by atoms with E-state index in [-0.39, 0.29) is 23.9 Å². The summed E-state index contributed by atoms with van der Waals surface area (Å²) in [5.74, 6) is -4.77. The number of alkyl halides is 4. The van der Waals surface area contributed by atoms with Crippen LogP contribution in [0.1, 0.15) is 40.4 Å². The van der Waals surface area contributed by atoms with Gasteiger partial charge in [-0.1, -0.05) is 0 Å². The molecule has 1 heterocycles. The fraction of sp³-hybridized carbons (Fsp3) is 0.667. The van der Waals surface area contributed by atoms with E-state index < -0.39 is 28.5 Å². The third-order valence-electron chi connectivity index (χ3n) is 3.75. The molecule has 3 rings (SSSR count). The maximum Gasteiger partial charge on any atom is 0.327 e. The van der Waals surface area contributed by atoms with Gasteiger partial charge in [-0.25, -0.2) is 4.39 Å². The molecule has 3 atom stereocenters. The molecule has 1 fully saturated rings. The van der Waals surface area contributed by atoms with Gasteiger partial charge in [0.15, 0.2) is 4.18 Å². The zero-order valence-electron chi connectivity index (χ0n) is 10.6. The number of nitrogens with zero attached hydrogens (tertiary/aromatic N) is 2. The Labute approximate surface area is 126 Å². The van der Waals surface area contributed by atoms with E-state index in [1.54, 1.807) is 6.92 Å². The molecule has 4 nitrogen and oxygen atoms in total. The van der Waals surface area contributed by atoms with Crippen LogP contribution in [0, 0.1) is 5.92 Å². The van der Waals surface area contributed by atoms with E-state index in [0.29, 0.717) is 12.0 Å². The SMILES string of the molecule is CCOC(=O)Cn1nc(C(F)I)c2c1C(F)(F)C1CC21. The molecule has 0 spiro atoms. The lowest BCUT2D eigenvalue weighted by atomic mass is 10.1. The van der Waals surface area contributed by atoms with Gasteiger partial charge >= 0.3 is 5.97 Å². The summed E-state index contributed by atoms with van der Waals surface area (Å²) >= 11 is 1.50. The smallest absolute Gasteiger partial charge is 0.327 e. The quantitative estimate of drug-likeness (QED) is 0.444. The molecular weight excluding hydrogens is 388 g/mol. The van der Waals surface area contributed by atoms with Crippen molar-refractivity contribution < 1.29 is 22.7 Å². The molecule has 1 aromatic rings. The van der Waals surface area contributed by atoms with Crippen LogP contribution >= 0.6 is 22.6 Å². The van der Waals surface area contributed by atoms with Crippen molar-refractivity contribution in [1.29, 1.82) is 0 Å². The second-order valence-electron chi connectivity index (χ2n) is 4.98. The van der Waals surface area contributed by atoms with Crippen molar-refractivity contribution in [3.63, 3.8) is 0 Å². The zero-order chi connectivity index (χ0) is 14.7. The van der Waals surface area contributed by atoms with E-state index in [4.69, 9.17) is 4.74 Å². The second-order valence-corrected chi connectivity index (χ2v) is 6.08. The van der Waals surface area contributed by atoms with E-state index in [0.717, 1.165) is 4.68 Å². The molecule has 1 saturated carbocycles. The average molecular weight is 400 g/mol. The van der Waals surface area contributed by atoms with Gasteiger partial charge in [0.2, 0.25) is 0 Å². The number of aromatic nitrogens is 2. The number of hydrogen-bond donors (Lipinski definition) is 0. The van der Waals surface area contributed by atoms with Crippen LogP contribution < -0.4 is 0 Å². The molecule has 1 aromatic heterocycles. The molecule has 0 radical (unpaired) electrons. The van der Waals surface area contributed by atoms with Crippen molar-refractivity contribution in [2.45, 2.75) is 35.9 Å². The molecule has 0 aliphatic heterocycles. The molecule has 8 heteroatoms. The predicted octanol–water partition coefficient (Wildman–Crippen LogP) is 3.06. The summed E-state index contributed by atoms with van der Waals surface area (Å²) in [6, 6.07) is 0. The number of fused-ring (bicyclic) bond motifs is 3. The van der Waals surface area contributed by atoms with E-state index in [9.17, 15) is 18.0 Å². The second kappa shape index (κ2) is 4.60. The minimum atomic E-state index is -3.04. The number of carbonyl (C=O) groups excluding carboxylic acids is 1. The summed E-state index contributed by atoms with van der Waals surface area (Å²) in [7, 11) is 0. The molecule has 2 aliphatic carbocycles. The van der Waals surface area contributed by atoms with Crippen molar-refractivity contribution in [2.24, 2.45) is 5.92 Å². The van der Waals surface area contributed by atoms with Crippen LogP contribution in [0.3, 0.4) is 0 Å². The summed E-state index contributed by atoms with van der Waals surface area (Å²) in [6.45, 7) is 1.38. The van der Waals surface area contributed by atoms with E-state index in [1.165, 1.54) is 22.6 Å². The van der Waals surface area contributed by atoms with Crippen molar-refractivity contribution >= 4 is 28.6 Å². The first-order valence-electron chi connectivity index (χ1n) is 6.30. The Hall–Kier alpha value is -0.800. The summed E-state index contributed by atoms with van der Waals surface area (Å²) < 4.78 is 46.2. The number of ether oxygens (including phenoxy) is 1. The Kier molecular flexibility index (Phi) is 3.26. The molecule has 0 aromatic carbocycles. The molecule has 0 bridgehead atoms. The lowest BCUT2D eigenvalue weighted by Gasteiger charge is -2.14. The van der Waals surface area contributed by atoms with Crippen LogP contribution in [0.15, 0.2) is 0 Å². The first kappa shape index (κ1) is 14.2. The van der Waals surface area contributed by atoms with Crippen LogP contribution in [0.2, 0.25) is 0 Å². The molecule has 0 N–H and O–H groups in total. The van der Waals surface area contributed by atoms with E-state index >= 15 is 0 Å². The molecule has 0 saturated heterocycles. The maximum absolute atomic E-state index is 14.2. The molecule has 20 heavy (non-hydrogen) atoms. The van der Waals surface area contributed by atoms with Crippen LogP contribution in [0.4, 0.5) is 13.2 Å². The monoisotopic (exact) mass is 400 g/mol. The van der Waals surface area contributed by atoms with Crippen LogP contribution in [0.5, 0.6) is 0 Å². The Morgan fingerprint density at radius 2 is 2.35 bits per heavy atom. The first-order valence-corrected chi connectivity index (χ1v) is 7.55. The van der Waals surface area contributed by atoms with Crippen molar-refractivity contribution in [2.75, 3.05) is 6.61 Å². The fourth-order valence-electron chi connectivity index (χ4n) is 2.91. The first-order chi connectivity index (χ1) is 9.37. The molecular formula is C12H12F3IN2O2. The van der Waals surface area contributed by atoms with Gasteiger partial charge in [0.1, 0.15) is 17.9 Å². The van der Waals surface area contributed by atoms with Gasteiger partial charge in [-0.05, 0) is 41.9 Å². The van der Waals surface area contributed by atoms with E-state index in [2.05, 4.69) is 5.10 Å². The van der Waals surface area contributed by atoms with Crippen LogP contribution in [0.25, 0.3) is 0 Å². The Balaban J connectivity index is 2.02. The number of esters is 1. The molecule has 2 aliphatic rings. The molecule has 110 valence electrons. The van der Waals surface area contributed by atoms with Crippen molar-refractivity contribution in [3.8, 4) is 0 Å². The summed E-state index contributed by atoms with van der Waals surface area (Å²) in [4.78, 5) is 11.5. The number of halogens is 4. The van der Waals surface area contributed by atoms with Gasteiger partial charge in [-0.3, -0.25) is 9.48 Å². The Morgan fingerprint density at radius 1 is 1.65 bits per heavy atom. The van der Waals surface area contributed by atoms with Crippen molar-refractivity contribution in [3.05, 3.63) is 17.0 Å². The van der Waals surface area contributed by atoms with Gasteiger partial charge in [-0.2, -0.15) is 13.9 Å². The topological polar surface area (TPSA) is 44.1 Å². The highest BCUT2D eigenvalue weighted by atomic mass is 127. The summed E-state index contributed by atoms with van der Waals surface area (Å²) in [5, 5.41) is 3.88. The Morgan fingerprint density at radius 3 is 2.95 bits per heavy atom. The van der Waals surface area contributed by atoms with Gasteiger partial charge in [0, 0.05) is 11.5 Å². The van der Waals surface area contributed by atoms with Gasteiger partial charge < -0.3 is 4.74 Å². The largest absolute Gasteiger partial charge is 0.465 e. The van der Waals surface area contributed by atoms with Crippen LogP contribution in [-0.4, -0.2) is 22.4 Å². The highest BCUT2D eigenvalue weighted by Gasteiger charge is 2.67. The molecule has 0 amide bonds. The zero-order valence-corrected chi connectivity index (χ0v) is 12.7. The number of carbonyl (C=O) groups is 1. The van der Waals surface area contributed by atoms with Gasteiger partial charge in [0.05, 0.1) is 6.61 Å². The minimum Gasteiger partial charge on any atom is -0.465 e. The average Bonchev–Trinajstić information content (AvgIpc) is 3.00. The third kappa shape index (κ3) is 1.94. The highest BCUT2D eigenvalue weighted by molar-refractivity contribution is 14.1. The highest BCUT2D eigenvalue weighted by Crippen LogP contribution is 2.68. The standard InChI is InChI=1S/C12H12F3IN2O2/c1-2-20-7(19)4-18-10-8(9(17-18)11(13)16)5-3-6(5)12(10,14)15/h5-6,11H,2-4H2,1H3. The molecule has 3 unspecified atom stereocenters. The lowest BCUT2D eigenvalue weighted by molar-refractivity contribution is -0.144. The summed E-state index contributed by atoms with van der Waals surface area (Å²) in [6.07, 6.45) is 0.363. The fourth-order valence-corrected chi connectivity index (χ4v) is 3.37. The summed E-state index contributed by atoms with van der Waals surface area (Å²) in [5.41, 5.74) is 0.0156. The van der Waals surface area contributed by atoms with Gasteiger partial charge in [0.25, 0.3) is 5.92 Å². The maximum atomic E-state index is 14.2. The van der Waals surface area contributed by atoms with Crippen LogP contribution in [-0.2, 0) is 22.0 Å². The number of rotatable bonds is 4. The number of hydrogen-bond acceptors (Lipinski definition) is 3. The van der Waals surface area contributed by atoms with Crippen molar-refractivity contribution in [1.82, 2.24) is 9.78 Å². The van der Waals surface area contributed by atoms with E-state index in [1.807, 2.05) is 0 Å².